The summed E-state index contributed by atoms with van der Waals surface area (Å²) >= 11 is 0. The fourth-order valence-corrected chi connectivity index (χ4v) is 1.80. The lowest BCUT2D eigenvalue weighted by Gasteiger charge is -2.05. The minimum absolute atomic E-state index is 0.0886. The first-order valence-electron chi connectivity index (χ1n) is 7.52. The van der Waals surface area contributed by atoms with Crippen LogP contribution in [0.5, 0.6) is 11.5 Å². The number of amides is 1. The molecule has 0 aliphatic heterocycles. The molecule has 2 aromatic rings. The molecular formula is C19H20N2O3. The Bertz CT molecular complexity index is 692. The Morgan fingerprint density at radius 1 is 1.08 bits per heavy atom. The highest BCUT2D eigenvalue weighted by molar-refractivity contribution is 5.83. The molecule has 1 N–H and O–H groups in total. The zero-order chi connectivity index (χ0) is 17.2. The van der Waals surface area contributed by atoms with Gasteiger partial charge < -0.3 is 9.47 Å². The third kappa shape index (κ3) is 5.96. The maximum atomic E-state index is 11.7. The van der Waals surface area contributed by atoms with E-state index in [1.54, 1.807) is 12.3 Å². The summed E-state index contributed by atoms with van der Waals surface area (Å²) in [7, 11) is 0. The third-order valence-corrected chi connectivity index (χ3v) is 3.04. The van der Waals surface area contributed by atoms with Crippen molar-refractivity contribution in [3.8, 4) is 11.5 Å². The zero-order valence-electron chi connectivity index (χ0n) is 13.6. The van der Waals surface area contributed by atoms with Crippen LogP contribution in [-0.2, 0) is 4.79 Å². The second-order valence-electron chi connectivity index (χ2n) is 5.06. The van der Waals surface area contributed by atoms with Gasteiger partial charge in [0, 0.05) is 0 Å². The third-order valence-electron chi connectivity index (χ3n) is 3.04. The Morgan fingerprint density at radius 3 is 2.38 bits per heavy atom. The molecule has 0 saturated heterocycles. The molecule has 124 valence electrons. The van der Waals surface area contributed by atoms with Crippen molar-refractivity contribution in [3.05, 3.63) is 72.3 Å². The van der Waals surface area contributed by atoms with E-state index in [2.05, 4.69) is 17.1 Å². The van der Waals surface area contributed by atoms with Crippen molar-refractivity contribution in [1.82, 2.24) is 5.43 Å². The molecule has 0 bridgehead atoms. The Hall–Kier alpha value is -3.08. The number of hydrogen-bond donors (Lipinski definition) is 1. The molecule has 24 heavy (non-hydrogen) atoms. The first-order valence-corrected chi connectivity index (χ1v) is 7.52. The van der Waals surface area contributed by atoms with E-state index in [9.17, 15) is 4.79 Å². The van der Waals surface area contributed by atoms with Gasteiger partial charge in [0.2, 0.25) is 0 Å². The molecule has 0 atom stereocenters. The monoisotopic (exact) mass is 324 g/mol. The van der Waals surface area contributed by atoms with E-state index in [4.69, 9.17) is 9.47 Å². The number of carbonyl (C=O) groups is 1. The number of nitrogens with zero attached hydrogens (tertiary/aromatic N) is 1. The lowest BCUT2D eigenvalue weighted by molar-refractivity contribution is -0.123. The quantitative estimate of drug-likeness (QED) is 0.461. The summed E-state index contributed by atoms with van der Waals surface area (Å²) in [5.74, 6) is 1.08. The maximum absolute atomic E-state index is 11.7. The number of benzene rings is 2. The highest BCUT2D eigenvalue weighted by atomic mass is 16.5. The fraction of sp³-hybridized carbons (Fsp3) is 0.158. The minimum Gasteiger partial charge on any atom is -0.490 e. The molecule has 0 saturated carbocycles. The van der Waals surface area contributed by atoms with Crippen LogP contribution < -0.4 is 14.9 Å². The molecule has 2 rings (SSSR count). The van der Waals surface area contributed by atoms with Gasteiger partial charge in [-0.05, 0) is 48.9 Å². The summed E-state index contributed by atoms with van der Waals surface area (Å²) in [5, 5.41) is 3.90. The number of ether oxygens (including phenoxy) is 2. The van der Waals surface area contributed by atoms with Gasteiger partial charge in [0.05, 0.1) is 6.21 Å². The lowest BCUT2D eigenvalue weighted by atomic mass is 10.2. The first kappa shape index (κ1) is 17.3. The number of rotatable bonds is 8. The molecule has 0 unspecified atom stereocenters. The molecule has 5 nitrogen and oxygen atoms in total. The zero-order valence-corrected chi connectivity index (χ0v) is 13.6. The molecule has 2 aromatic carbocycles. The molecule has 0 aromatic heterocycles. The van der Waals surface area contributed by atoms with E-state index >= 15 is 0 Å². The Labute approximate surface area is 141 Å². The van der Waals surface area contributed by atoms with Crippen LogP contribution in [0.4, 0.5) is 0 Å². The molecule has 1 amide bonds. The van der Waals surface area contributed by atoms with E-state index in [-0.39, 0.29) is 12.5 Å². The van der Waals surface area contributed by atoms with E-state index in [0.717, 1.165) is 16.9 Å². The van der Waals surface area contributed by atoms with Crippen molar-refractivity contribution in [2.24, 2.45) is 5.10 Å². The topological polar surface area (TPSA) is 59.9 Å². The van der Waals surface area contributed by atoms with E-state index < -0.39 is 0 Å². The largest absolute Gasteiger partial charge is 0.490 e. The molecule has 0 heterocycles. The SMILES string of the molecule is C=CCOc1ccc(/C=N/NC(=O)COc2ccc(C)cc2)cc1. The number of hydrazone groups is 1. The highest BCUT2D eigenvalue weighted by Crippen LogP contribution is 2.11. The van der Waals surface area contributed by atoms with Gasteiger partial charge in [-0.15, -0.1) is 0 Å². The second-order valence-corrected chi connectivity index (χ2v) is 5.06. The van der Waals surface area contributed by atoms with Gasteiger partial charge >= 0.3 is 0 Å². The van der Waals surface area contributed by atoms with Gasteiger partial charge in [-0.25, -0.2) is 5.43 Å². The smallest absolute Gasteiger partial charge is 0.277 e. The number of aryl methyl sites for hydroxylation is 1. The predicted octanol–water partition coefficient (Wildman–Crippen LogP) is 3.09. The number of carbonyl (C=O) groups excluding carboxylic acids is 1. The standard InChI is InChI=1S/C19H20N2O3/c1-3-12-23-17-10-6-16(7-11-17)13-20-21-19(22)14-24-18-8-4-15(2)5-9-18/h3-11,13H,1,12,14H2,2H3,(H,21,22)/b20-13+. The molecule has 5 heteroatoms. The lowest BCUT2D eigenvalue weighted by Crippen LogP contribution is -2.24. The van der Waals surface area contributed by atoms with Crippen LogP contribution in [0.2, 0.25) is 0 Å². The van der Waals surface area contributed by atoms with Gasteiger partial charge in [-0.3, -0.25) is 4.79 Å². The van der Waals surface area contributed by atoms with Gasteiger partial charge in [0.15, 0.2) is 6.61 Å². The minimum atomic E-state index is -0.322. The maximum Gasteiger partial charge on any atom is 0.277 e. The fourth-order valence-electron chi connectivity index (χ4n) is 1.80. The van der Waals surface area contributed by atoms with Crippen molar-refractivity contribution < 1.29 is 14.3 Å². The van der Waals surface area contributed by atoms with Gasteiger partial charge in [-0.2, -0.15) is 5.10 Å². The summed E-state index contributed by atoms with van der Waals surface area (Å²) < 4.78 is 10.8. The normalized spacial score (nSPS) is 10.4. The summed E-state index contributed by atoms with van der Waals surface area (Å²) in [6, 6.07) is 14.8. The number of nitrogens with one attached hydrogen (secondary N) is 1. The summed E-state index contributed by atoms with van der Waals surface area (Å²) in [5.41, 5.74) is 4.41. The van der Waals surface area contributed by atoms with E-state index in [0.29, 0.717) is 12.4 Å². The average molecular weight is 324 g/mol. The molecule has 0 fully saturated rings. The van der Waals surface area contributed by atoms with Crippen LogP contribution in [0.15, 0.2) is 66.3 Å². The van der Waals surface area contributed by atoms with Crippen molar-refractivity contribution >= 4 is 12.1 Å². The van der Waals surface area contributed by atoms with Crippen molar-refractivity contribution in [3.63, 3.8) is 0 Å². The van der Waals surface area contributed by atoms with Crippen molar-refractivity contribution in [2.45, 2.75) is 6.92 Å². The van der Waals surface area contributed by atoms with Gasteiger partial charge in [0.25, 0.3) is 5.91 Å². The van der Waals surface area contributed by atoms with Crippen LogP contribution >= 0.6 is 0 Å². The molecular weight excluding hydrogens is 304 g/mol. The van der Waals surface area contributed by atoms with Crippen LogP contribution in [0.3, 0.4) is 0 Å². The van der Waals surface area contributed by atoms with Gasteiger partial charge in [-0.1, -0.05) is 30.4 Å². The van der Waals surface area contributed by atoms with E-state index in [1.807, 2.05) is 55.5 Å². The van der Waals surface area contributed by atoms with Crippen molar-refractivity contribution in [1.29, 1.82) is 0 Å². The molecule has 0 aliphatic rings. The Balaban J connectivity index is 1.75. The molecule has 0 radical (unpaired) electrons. The van der Waals surface area contributed by atoms with Crippen LogP contribution in [0, 0.1) is 6.92 Å². The van der Waals surface area contributed by atoms with Gasteiger partial charge in [0.1, 0.15) is 18.1 Å². The van der Waals surface area contributed by atoms with Crippen molar-refractivity contribution in [2.75, 3.05) is 13.2 Å². The predicted molar refractivity (Wildman–Crippen MR) is 94.5 cm³/mol. The summed E-state index contributed by atoms with van der Waals surface area (Å²) in [6.07, 6.45) is 3.24. The van der Waals surface area contributed by atoms with Crippen LogP contribution in [-0.4, -0.2) is 25.3 Å². The summed E-state index contributed by atoms with van der Waals surface area (Å²) in [4.78, 5) is 11.7. The van der Waals surface area contributed by atoms with Crippen LogP contribution in [0.1, 0.15) is 11.1 Å². The highest BCUT2D eigenvalue weighted by Gasteiger charge is 2.01. The number of hydrogen-bond acceptors (Lipinski definition) is 4. The van der Waals surface area contributed by atoms with Crippen LogP contribution in [0.25, 0.3) is 0 Å². The average Bonchev–Trinajstić information content (AvgIpc) is 2.60. The molecule has 0 aliphatic carbocycles. The summed E-state index contributed by atoms with van der Waals surface area (Å²) in [6.45, 7) is 5.96. The Kier molecular flexibility index (Phi) is 6.58. The van der Waals surface area contributed by atoms with E-state index in [1.165, 1.54) is 0 Å². The molecule has 0 spiro atoms. The Morgan fingerprint density at radius 2 is 1.71 bits per heavy atom. The first-order chi connectivity index (χ1) is 11.7. The second kappa shape index (κ2) is 9.15.